The predicted octanol–water partition coefficient (Wildman–Crippen LogP) is 5.20. The van der Waals surface area contributed by atoms with Gasteiger partial charge in [-0.05, 0) is 74.3 Å². The van der Waals surface area contributed by atoms with Crippen LogP contribution in [-0.4, -0.2) is 63.8 Å². The Balaban J connectivity index is 1.10. The van der Waals surface area contributed by atoms with Crippen LogP contribution in [0, 0.1) is 18.7 Å². The molecule has 5 rings (SSSR count). The molecule has 0 radical (unpaired) electrons. The second-order valence-corrected chi connectivity index (χ2v) is 11.1. The van der Waals surface area contributed by atoms with Gasteiger partial charge in [0.2, 0.25) is 0 Å². The fourth-order valence-corrected chi connectivity index (χ4v) is 5.29. The lowest BCUT2D eigenvalue weighted by Gasteiger charge is -2.14. The molecule has 2 aromatic carbocycles. The third-order valence-corrected chi connectivity index (χ3v) is 7.66. The van der Waals surface area contributed by atoms with Crippen LogP contribution in [-0.2, 0) is 22.4 Å². The molecule has 0 bridgehead atoms. The highest BCUT2D eigenvalue weighted by Crippen LogP contribution is 2.26. The Morgan fingerprint density at radius 1 is 1.07 bits per heavy atom. The molecule has 10 heteroatoms. The number of rotatable bonds is 13. The second-order valence-electron chi connectivity index (χ2n) is 11.1. The number of aromatic nitrogens is 2. The highest BCUT2D eigenvalue weighted by molar-refractivity contribution is 5.95. The van der Waals surface area contributed by atoms with Crippen LogP contribution in [0.1, 0.15) is 39.9 Å². The topological polar surface area (TPSA) is 125 Å². The average Bonchev–Trinajstić information content (AvgIpc) is 3.69. The van der Waals surface area contributed by atoms with E-state index in [0.29, 0.717) is 53.5 Å². The number of carbonyl (C=O) groups excluding carboxylic acids is 2. The van der Waals surface area contributed by atoms with E-state index in [0.717, 1.165) is 30.6 Å². The minimum Gasteiger partial charge on any atom is -0.481 e. The van der Waals surface area contributed by atoms with Crippen molar-refractivity contribution in [2.24, 2.45) is 5.92 Å². The Hall–Kier alpha value is -4.83. The van der Waals surface area contributed by atoms with Gasteiger partial charge in [-0.25, -0.2) is 4.39 Å². The number of nitrogens with one attached hydrogen (secondary N) is 2. The molecule has 1 saturated heterocycles. The van der Waals surface area contributed by atoms with Crippen LogP contribution in [0.25, 0.3) is 11.4 Å². The van der Waals surface area contributed by atoms with Gasteiger partial charge in [0.25, 0.3) is 5.91 Å². The number of ketones is 1. The quantitative estimate of drug-likeness (QED) is 0.181. The molecule has 1 atom stereocenters. The minimum absolute atomic E-state index is 0.0446. The molecule has 3 heterocycles. The van der Waals surface area contributed by atoms with Gasteiger partial charge in [0.05, 0.1) is 22.9 Å². The molecule has 2 aromatic heterocycles. The summed E-state index contributed by atoms with van der Waals surface area (Å²) in [5, 5.41) is 12.0. The molecular weight excluding hydrogens is 563 g/mol. The number of likely N-dealkylation sites (tertiary alicyclic amines) is 1. The molecule has 1 fully saturated rings. The molecule has 0 saturated carbocycles. The maximum Gasteiger partial charge on any atom is 0.307 e. The number of ether oxygens (including phenoxy) is 1. The van der Waals surface area contributed by atoms with Crippen molar-refractivity contribution in [1.29, 1.82) is 0 Å². The van der Waals surface area contributed by atoms with E-state index in [4.69, 9.17) is 9.84 Å². The van der Waals surface area contributed by atoms with Crippen molar-refractivity contribution in [3.63, 3.8) is 0 Å². The van der Waals surface area contributed by atoms with Crippen molar-refractivity contribution in [2.75, 3.05) is 26.2 Å². The summed E-state index contributed by atoms with van der Waals surface area (Å²) in [6, 6.07) is 17.2. The molecule has 4 aromatic rings. The van der Waals surface area contributed by atoms with Gasteiger partial charge in [-0.2, -0.15) is 0 Å². The number of halogens is 1. The number of aliphatic carboxylic acids is 1. The van der Waals surface area contributed by atoms with Gasteiger partial charge in [-0.3, -0.25) is 19.4 Å². The Labute approximate surface area is 255 Å². The van der Waals surface area contributed by atoms with E-state index in [-0.39, 0.29) is 36.3 Å². The zero-order valence-corrected chi connectivity index (χ0v) is 24.5. The summed E-state index contributed by atoms with van der Waals surface area (Å²) in [5.74, 6) is -0.544. The lowest BCUT2D eigenvalue weighted by Crippen LogP contribution is -2.29. The number of hydrogen-bond acceptors (Lipinski definition) is 6. The van der Waals surface area contributed by atoms with Crippen LogP contribution in [0.5, 0.6) is 11.5 Å². The second kappa shape index (κ2) is 14.1. The van der Waals surface area contributed by atoms with Crippen LogP contribution in [0.15, 0.2) is 73.1 Å². The first kappa shape index (κ1) is 30.6. The van der Waals surface area contributed by atoms with Gasteiger partial charge >= 0.3 is 5.97 Å². The van der Waals surface area contributed by atoms with Crippen molar-refractivity contribution >= 4 is 17.7 Å². The maximum absolute atomic E-state index is 14.0. The van der Waals surface area contributed by atoms with Crippen molar-refractivity contribution in [2.45, 2.75) is 32.6 Å². The first-order valence-electron chi connectivity index (χ1n) is 14.7. The number of benzene rings is 2. The molecule has 9 nitrogen and oxygen atoms in total. The number of aryl methyl sites for hydroxylation is 1. The van der Waals surface area contributed by atoms with E-state index in [1.807, 2.05) is 19.1 Å². The maximum atomic E-state index is 14.0. The summed E-state index contributed by atoms with van der Waals surface area (Å²) < 4.78 is 20.0. The molecule has 1 amide bonds. The summed E-state index contributed by atoms with van der Waals surface area (Å²) in [5.41, 5.74) is 3.88. The smallest absolute Gasteiger partial charge is 0.307 e. The van der Waals surface area contributed by atoms with Gasteiger partial charge in [0, 0.05) is 44.4 Å². The third-order valence-electron chi connectivity index (χ3n) is 7.66. The molecular formula is C34H35FN4O5. The van der Waals surface area contributed by atoms with Crippen molar-refractivity contribution in [3.05, 3.63) is 101 Å². The van der Waals surface area contributed by atoms with Crippen LogP contribution >= 0.6 is 0 Å². The predicted molar refractivity (Wildman–Crippen MR) is 163 cm³/mol. The largest absolute Gasteiger partial charge is 0.481 e. The normalized spacial score (nSPS) is 14.8. The van der Waals surface area contributed by atoms with Crippen LogP contribution in [0.2, 0.25) is 0 Å². The monoisotopic (exact) mass is 598 g/mol. The minimum atomic E-state index is -0.746. The standard InChI is InChI=1S/C34H35FN4O5/c1-22-3-8-30(35)25(15-22)17-27(40)16-23-4-6-28(7-5-23)44-29-9-12-36-32(19-29)31-18-26(20-38-31)33(41)37-11-2-13-39-14-10-24(21-39)34(42)43/h3-9,12,15,18-20,24,38H,2,10-11,13-14,16-17,21H2,1H3,(H,37,41)(H,42,43). The van der Waals surface area contributed by atoms with Crippen LogP contribution in [0.4, 0.5) is 4.39 Å². The zero-order chi connectivity index (χ0) is 31.1. The summed E-state index contributed by atoms with van der Waals surface area (Å²) >= 11 is 0. The summed E-state index contributed by atoms with van der Waals surface area (Å²) in [6.45, 7) is 4.44. The highest BCUT2D eigenvalue weighted by atomic mass is 19.1. The number of H-pyrrole nitrogens is 1. The van der Waals surface area contributed by atoms with Crippen LogP contribution in [0.3, 0.4) is 0 Å². The third kappa shape index (κ3) is 8.17. The van der Waals surface area contributed by atoms with E-state index in [1.165, 1.54) is 6.07 Å². The number of carbonyl (C=O) groups is 3. The van der Waals surface area contributed by atoms with Crippen molar-refractivity contribution < 1.29 is 28.6 Å². The van der Waals surface area contributed by atoms with Gasteiger partial charge in [-0.15, -0.1) is 0 Å². The first-order valence-corrected chi connectivity index (χ1v) is 14.7. The fraction of sp³-hybridized carbons (Fsp3) is 0.294. The number of pyridine rings is 1. The highest BCUT2D eigenvalue weighted by Gasteiger charge is 2.27. The molecule has 1 aliphatic rings. The van der Waals surface area contributed by atoms with Gasteiger partial charge in [-0.1, -0.05) is 29.8 Å². The van der Waals surface area contributed by atoms with E-state index in [1.54, 1.807) is 54.9 Å². The van der Waals surface area contributed by atoms with Gasteiger partial charge < -0.3 is 25.0 Å². The molecule has 44 heavy (non-hydrogen) atoms. The number of nitrogens with zero attached hydrogens (tertiary/aromatic N) is 2. The Morgan fingerprint density at radius 2 is 1.89 bits per heavy atom. The Kier molecular flexibility index (Phi) is 9.81. The van der Waals surface area contributed by atoms with E-state index in [2.05, 4.69) is 20.2 Å². The fourth-order valence-electron chi connectivity index (χ4n) is 5.29. The number of aromatic amines is 1. The molecule has 0 aliphatic carbocycles. The molecule has 228 valence electrons. The van der Waals surface area contributed by atoms with Gasteiger partial charge in [0.1, 0.15) is 23.1 Å². The molecule has 0 spiro atoms. The number of carboxylic acid groups (broad SMARTS) is 1. The SMILES string of the molecule is Cc1ccc(F)c(CC(=O)Cc2ccc(Oc3ccnc(-c4cc(C(=O)NCCCN5CCC(C(=O)O)C5)c[nH]4)c3)cc2)c1. The molecule has 1 aliphatic heterocycles. The number of hydrogen-bond donors (Lipinski definition) is 3. The average molecular weight is 599 g/mol. The Bertz CT molecular complexity index is 1630. The van der Waals surface area contributed by atoms with Crippen molar-refractivity contribution in [3.8, 4) is 22.9 Å². The van der Waals surface area contributed by atoms with Crippen molar-refractivity contribution in [1.82, 2.24) is 20.2 Å². The van der Waals surface area contributed by atoms with E-state index in [9.17, 15) is 18.8 Å². The molecule has 3 N–H and O–H groups in total. The number of Topliss-reactive ketones (excluding diaryl/α,β-unsaturated/α-hetero) is 1. The van der Waals surface area contributed by atoms with E-state index >= 15 is 0 Å². The zero-order valence-electron chi connectivity index (χ0n) is 24.5. The Morgan fingerprint density at radius 3 is 2.66 bits per heavy atom. The summed E-state index contributed by atoms with van der Waals surface area (Å²) in [6.07, 6.45) is 4.90. The number of amides is 1. The van der Waals surface area contributed by atoms with Crippen LogP contribution < -0.4 is 10.1 Å². The first-order chi connectivity index (χ1) is 21.2. The number of carboxylic acids is 1. The molecule has 1 unspecified atom stereocenters. The lowest BCUT2D eigenvalue weighted by atomic mass is 10.0. The lowest BCUT2D eigenvalue weighted by molar-refractivity contribution is -0.141. The summed E-state index contributed by atoms with van der Waals surface area (Å²) in [7, 11) is 0. The van der Waals surface area contributed by atoms with E-state index < -0.39 is 5.97 Å². The summed E-state index contributed by atoms with van der Waals surface area (Å²) in [4.78, 5) is 45.9. The van der Waals surface area contributed by atoms with Gasteiger partial charge in [0.15, 0.2) is 0 Å².